The Morgan fingerprint density at radius 3 is 2.48 bits per heavy atom. The molecule has 3 aliphatic rings. The molecule has 1 aliphatic carbocycles. The smallest absolute Gasteiger partial charge is 0.138 e. The van der Waals surface area contributed by atoms with E-state index in [9.17, 15) is 0 Å². The summed E-state index contributed by atoms with van der Waals surface area (Å²) in [6.45, 7) is 9.26. The van der Waals surface area contributed by atoms with Crippen molar-refractivity contribution in [2.24, 2.45) is 17.8 Å². The van der Waals surface area contributed by atoms with E-state index < -0.39 is 0 Å². The van der Waals surface area contributed by atoms with Crippen LogP contribution in [0.4, 0.5) is 0 Å². The maximum Gasteiger partial charge on any atom is 0.138 e. The number of piperidine rings is 2. The minimum atomic E-state index is 0.816. The van der Waals surface area contributed by atoms with Gasteiger partial charge in [-0.2, -0.15) is 5.10 Å². The maximum absolute atomic E-state index is 6.03. The molecule has 5 rings (SSSR count). The van der Waals surface area contributed by atoms with Crippen molar-refractivity contribution in [3.8, 4) is 5.69 Å². The summed E-state index contributed by atoms with van der Waals surface area (Å²) in [6, 6.07) is 8.68. The Morgan fingerprint density at radius 2 is 1.76 bits per heavy atom. The monoisotopic (exact) mass is 395 g/mol. The predicted molar refractivity (Wildman–Crippen MR) is 113 cm³/mol. The number of ether oxygens (including phenoxy) is 1. The van der Waals surface area contributed by atoms with Gasteiger partial charge in [0, 0.05) is 32.8 Å². The highest BCUT2D eigenvalue weighted by molar-refractivity contribution is 5.33. The zero-order valence-corrected chi connectivity index (χ0v) is 17.3. The summed E-state index contributed by atoms with van der Waals surface area (Å²) < 4.78 is 7.83. The van der Waals surface area contributed by atoms with E-state index in [1.807, 2.05) is 0 Å². The van der Waals surface area contributed by atoms with E-state index in [4.69, 9.17) is 4.74 Å². The lowest BCUT2D eigenvalue weighted by atomic mass is 10.1. The second-order valence-electron chi connectivity index (χ2n) is 9.02. The quantitative estimate of drug-likeness (QED) is 0.611. The van der Waals surface area contributed by atoms with Crippen LogP contribution in [0.2, 0.25) is 0 Å². The Morgan fingerprint density at radius 1 is 0.966 bits per heavy atom. The van der Waals surface area contributed by atoms with Gasteiger partial charge >= 0.3 is 0 Å². The van der Waals surface area contributed by atoms with Crippen LogP contribution < -0.4 is 0 Å². The van der Waals surface area contributed by atoms with E-state index in [1.54, 1.807) is 17.3 Å². The first-order valence-corrected chi connectivity index (χ1v) is 11.3. The van der Waals surface area contributed by atoms with Crippen molar-refractivity contribution in [2.45, 2.75) is 32.2 Å². The number of aromatic nitrogens is 3. The van der Waals surface area contributed by atoms with Crippen LogP contribution in [0.3, 0.4) is 0 Å². The first-order chi connectivity index (χ1) is 14.4. The van der Waals surface area contributed by atoms with Crippen LogP contribution in [0.1, 0.15) is 31.2 Å². The molecule has 29 heavy (non-hydrogen) atoms. The van der Waals surface area contributed by atoms with E-state index in [-0.39, 0.29) is 0 Å². The summed E-state index contributed by atoms with van der Waals surface area (Å²) in [5, 5.41) is 4.18. The molecular formula is C23H33N5O. The zero-order valence-electron chi connectivity index (χ0n) is 17.3. The maximum atomic E-state index is 6.03. The molecule has 156 valence electrons. The van der Waals surface area contributed by atoms with Crippen LogP contribution in [0.25, 0.3) is 5.69 Å². The molecule has 0 spiro atoms. The molecule has 0 amide bonds. The number of nitrogens with zero attached hydrogens (tertiary/aromatic N) is 5. The van der Waals surface area contributed by atoms with Crippen LogP contribution in [0.5, 0.6) is 0 Å². The van der Waals surface area contributed by atoms with Gasteiger partial charge in [0.2, 0.25) is 0 Å². The predicted octanol–water partition coefficient (Wildman–Crippen LogP) is 2.84. The average molecular weight is 396 g/mol. The van der Waals surface area contributed by atoms with E-state index in [1.165, 1.54) is 64.0 Å². The SMILES string of the molecule is c1ncn(-c2ccc(CN3C[C@@H]4C(COCCCN5CCCCC5)[C@@H]4C3)cc2)n1. The van der Waals surface area contributed by atoms with Crippen LogP contribution in [0, 0.1) is 17.8 Å². The van der Waals surface area contributed by atoms with Crippen molar-refractivity contribution in [2.75, 3.05) is 45.9 Å². The summed E-state index contributed by atoms with van der Waals surface area (Å²) >= 11 is 0. The Kier molecular flexibility index (Phi) is 5.92. The standard InChI is InChI=1S/C23H33N5O/c1-2-9-26(10-3-1)11-4-12-29-16-23-21-14-27(15-22(21)23)13-19-5-7-20(8-6-19)28-18-24-17-25-28/h5-8,17-18,21-23H,1-4,9-16H2/t21-,22+,23?. The van der Waals surface area contributed by atoms with Gasteiger partial charge in [-0.25, -0.2) is 9.67 Å². The minimum absolute atomic E-state index is 0.816. The van der Waals surface area contributed by atoms with Gasteiger partial charge in [0.15, 0.2) is 0 Å². The highest BCUT2D eigenvalue weighted by Gasteiger charge is 2.55. The van der Waals surface area contributed by atoms with Gasteiger partial charge in [-0.05, 0) is 67.8 Å². The van der Waals surface area contributed by atoms with E-state index >= 15 is 0 Å². The molecule has 3 atom stereocenters. The van der Waals surface area contributed by atoms with E-state index in [2.05, 4.69) is 44.1 Å². The Hall–Kier alpha value is -1.76. The van der Waals surface area contributed by atoms with E-state index in [0.29, 0.717) is 0 Å². The molecule has 3 heterocycles. The summed E-state index contributed by atoms with van der Waals surface area (Å²) in [4.78, 5) is 9.22. The normalized spacial score (nSPS) is 27.2. The van der Waals surface area contributed by atoms with Crippen molar-refractivity contribution in [1.29, 1.82) is 0 Å². The first kappa shape index (κ1) is 19.2. The second kappa shape index (κ2) is 8.94. The fraction of sp³-hybridized carbons (Fsp3) is 0.652. The van der Waals surface area contributed by atoms with Gasteiger partial charge in [0.1, 0.15) is 12.7 Å². The molecule has 3 fully saturated rings. The van der Waals surface area contributed by atoms with Gasteiger partial charge < -0.3 is 9.64 Å². The summed E-state index contributed by atoms with van der Waals surface area (Å²) in [6.07, 6.45) is 8.68. The lowest BCUT2D eigenvalue weighted by Crippen LogP contribution is -2.31. The topological polar surface area (TPSA) is 46.4 Å². The third-order valence-corrected chi connectivity index (χ3v) is 6.99. The molecular weight excluding hydrogens is 362 g/mol. The van der Waals surface area contributed by atoms with Crippen LogP contribution in [-0.4, -0.2) is 70.5 Å². The van der Waals surface area contributed by atoms with Crippen molar-refractivity contribution in [1.82, 2.24) is 24.6 Å². The summed E-state index contributed by atoms with van der Waals surface area (Å²) in [5.41, 5.74) is 2.44. The Balaban J connectivity index is 0.976. The molecule has 6 heteroatoms. The molecule has 0 N–H and O–H groups in total. The number of benzene rings is 1. The largest absolute Gasteiger partial charge is 0.381 e. The van der Waals surface area contributed by atoms with Crippen molar-refractivity contribution in [3.05, 3.63) is 42.5 Å². The molecule has 2 saturated heterocycles. The molecule has 1 unspecified atom stereocenters. The molecule has 0 bridgehead atoms. The zero-order chi connectivity index (χ0) is 19.5. The number of rotatable bonds is 9. The number of hydrogen-bond donors (Lipinski definition) is 0. The highest BCUT2D eigenvalue weighted by atomic mass is 16.5. The molecule has 2 aromatic rings. The fourth-order valence-corrected chi connectivity index (χ4v) is 5.26. The molecule has 1 aromatic heterocycles. The summed E-state index contributed by atoms with van der Waals surface area (Å²) in [5.74, 6) is 2.55. The van der Waals surface area contributed by atoms with Crippen molar-refractivity contribution < 1.29 is 4.74 Å². The summed E-state index contributed by atoms with van der Waals surface area (Å²) in [7, 11) is 0. The lowest BCUT2D eigenvalue weighted by Gasteiger charge is -2.26. The van der Waals surface area contributed by atoms with Crippen LogP contribution >= 0.6 is 0 Å². The van der Waals surface area contributed by atoms with Crippen molar-refractivity contribution >= 4 is 0 Å². The second-order valence-corrected chi connectivity index (χ2v) is 9.02. The number of hydrogen-bond acceptors (Lipinski definition) is 5. The molecule has 6 nitrogen and oxygen atoms in total. The Bertz CT molecular complexity index is 744. The Labute approximate surface area is 173 Å². The third-order valence-electron chi connectivity index (χ3n) is 6.99. The van der Waals surface area contributed by atoms with Crippen LogP contribution in [0.15, 0.2) is 36.9 Å². The van der Waals surface area contributed by atoms with E-state index in [0.717, 1.165) is 43.2 Å². The average Bonchev–Trinajstić information content (AvgIpc) is 3.15. The van der Waals surface area contributed by atoms with Gasteiger partial charge in [-0.1, -0.05) is 18.6 Å². The number of fused-ring (bicyclic) bond motifs is 1. The molecule has 1 saturated carbocycles. The molecule has 1 aromatic carbocycles. The highest BCUT2D eigenvalue weighted by Crippen LogP contribution is 2.52. The minimum Gasteiger partial charge on any atom is -0.381 e. The van der Waals surface area contributed by atoms with Crippen LogP contribution in [-0.2, 0) is 11.3 Å². The third kappa shape index (κ3) is 4.71. The molecule has 2 aliphatic heterocycles. The number of likely N-dealkylation sites (tertiary alicyclic amines) is 2. The first-order valence-electron chi connectivity index (χ1n) is 11.3. The van der Waals surface area contributed by atoms with Gasteiger partial charge in [0.25, 0.3) is 0 Å². The lowest BCUT2D eigenvalue weighted by molar-refractivity contribution is 0.0967. The van der Waals surface area contributed by atoms with Gasteiger partial charge in [0.05, 0.1) is 12.3 Å². The van der Waals surface area contributed by atoms with Gasteiger partial charge in [-0.3, -0.25) is 4.90 Å². The van der Waals surface area contributed by atoms with Crippen molar-refractivity contribution in [3.63, 3.8) is 0 Å². The fourth-order valence-electron chi connectivity index (χ4n) is 5.26. The molecule has 0 radical (unpaired) electrons. The van der Waals surface area contributed by atoms with Gasteiger partial charge in [-0.15, -0.1) is 0 Å².